The molecule has 1 fully saturated rings. The van der Waals surface area contributed by atoms with Gasteiger partial charge in [-0.1, -0.05) is 19.9 Å². The largest absolute Gasteiger partial charge is 0.370 e. The van der Waals surface area contributed by atoms with Crippen LogP contribution in [-0.4, -0.2) is 30.0 Å². The lowest BCUT2D eigenvalue weighted by molar-refractivity contribution is 0.317. The minimum atomic E-state index is 0.571. The highest BCUT2D eigenvalue weighted by molar-refractivity contribution is 5.36. The molecule has 1 aliphatic rings. The summed E-state index contributed by atoms with van der Waals surface area (Å²) in [5.74, 6) is 1.64. The lowest BCUT2D eigenvalue weighted by atomic mass is 10.1. The highest BCUT2D eigenvalue weighted by atomic mass is 15.1. The maximum atomic E-state index is 4.49. The van der Waals surface area contributed by atoms with E-state index in [1.54, 1.807) is 0 Å². The van der Waals surface area contributed by atoms with E-state index in [1.807, 2.05) is 6.20 Å². The summed E-state index contributed by atoms with van der Waals surface area (Å²) in [5, 5.41) is 3.35. The highest BCUT2D eigenvalue weighted by Crippen LogP contribution is 2.29. The van der Waals surface area contributed by atoms with E-state index in [1.165, 1.54) is 24.9 Å². The first-order valence-electron chi connectivity index (χ1n) is 6.57. The van der Waals surface area contributed by atoms with Crippen LogP contribution in [-0.2, 0) is 0 Å². The van der Waals surface area contributed by atoms with Crippen molar-refractivity contribution in [3.63, 3.8) is 0 Å². The fraction of sp³-hybridized carbons (Fsp3) is 0.643. The van der Waals surface area contributed by atoms with Crippen LogP contribution >= 0.6 is 0 Å². The van der Waals surface area contributed by atoms with Crippen LogP contribution in [0, 0.1) is 5.92 Å². The van der Waals surface area contributed by atoms with Gasteiger partial charge in [0, 0.05) is 18.8 Å². The van der Waals surface area contributed by atoms with Crippen molar-refractivity contribution >= 4 is 5.82 Å². The van der Waals surface area contributed by atoms with Crippen molar-refractivity contribution in [1.29, 1.82) is 0 Å². The monoisotopic (exact) mass is 233 g/mol. The van der Waals surface area contributed by atoms with E-state index in [2.05, 4.69) is 48.2 Å². The van der Waals surface area contributed by atoms with Gasteiger partial charge in [0.25, 0.3) is 0 Å². The van der Waals surface area contributed by atoms with Crippen molar-refractivity contribution in [3.05, 3.63) is 23.9 Å². The summed E-state index contributed by atoms with van der Waals surface area (Å²) < 4.78 is 0. The molecule has 1 N–H and O–H groups in total. The van der Waals surface area contributed by atoms with Crippen molar-refractivity contribution in [2.75, 3.05) is 25.5 Å². The minimum absolute atomic E-state index is 0.571. The molecule has 3 nitrogen and oxygen atoms in total. The van der Waals surface area contributed by atoms with E-state index < -0.39 is 0 Å². The first-order valence-corrected chi connectivity index (χ1v) is 6.57. The molecule has 94 valence electrons. The predicted octanol–water partition coefficient (Wildman–Crippen LogP) is 2.92. The first kappa shape index (κ1) is 12.4. The molecule has 1 aromatic heterocycles. The molecule has 0 spiro atoms. The Labute approximate surface area is 104 Å². The Bertz CT molecular complexity index is 345. The second-order valence-electron chi connectivity index (χ2n) is 5.39. The number of hydrogen-bond acceptors (Lipinski definition) is 3. The predicted molar refractivity (Wildman–Crippen MR) is 72.2 cm³/mol. The summed E-state index contributed by atoms with van der Waals surface area (Å²) in [6, 6.07) is 4.88. The van der Waals surface area contributed by atoms with Crippen LogP contribution in [0.5, 0.6) is 0 Å². The summed E-state index contributed by atoms with van der Waals surface area (Å²) in [6.07, 6.45) is 4.58. The van der Waals surface area contributed by atoms with Crippen molar-refractivity contribution in [1.82, 2.24) is 9.88 Å². The lowest BCUT2D eigenvalue weighted by Gasteiger charge is -2.19. The maximum absolute atomic E-state index is 4.49. The standard InChI is InChI=1S/C14H23N3/c1-11(2)9-15-14-7-6-12(10-16-14)13-5-4-8-17(13)3/h6-7,10-11,13H,4-5,8-9H2,1-3H3,(H,15,16)/t13-/m0/s1. The van der Waals surface area contributed by atoms with Gasteiger partial charge in [0.1, 0.15) is 5.82 Å². The number of nitrogens with one attached hydrogen (secondary N) is 1. The Morgan fingerprint density at radius 1 is 1.47 bits per heavy atom. The fourth-order valence-corrected chi connectivity index (χ4v) is 2.35. The Hall–Kier alpha value is -1.09. The van der Waals surface area contributed by atoms with Crippen LogP contribution in [0.4, 0.5) is 5.82 Å². The van der Waals surface area contributed by atoms with E-state index in [9.17, 15) is 0 Å². The number of hydrogen-bond donors (Lipinski definition) is 1. The zero-order valence-corrected chi connectivity index (χ0v) is 11.1. The zero-order valence-electron chi connectivity index (χ0n) is 11.1. The van der Waals surface area contributed by atoms with Gasteiger partial charge in [-0.25, -0.2) is 4.98 Å². The van der Waals surface area contributed by atoms with Crippen molar-refractivity contribution in [2.45, 2.75) is 32.7 Å². The molecule has 1 atom stereocenters. The SMILES string of the molecule is CC(C)CNc1ccc([C@@H]2CCCN2C)cn1. The average Bonchev–Trinajstić information content (AvgIpc) is 2.73. The number of likely N-dealkylation sites (tertiary alicyclic amines) is 1. The van der Waals surface area contributed by atoms with Crippen LogP contribution < -0.4 is 5.32 Å². The molecule has 2 rings (SSSR count). The Morgan fingerprint density at radius 2 is 2.29 bits per heavy atom. The quantitative estimate of drug-likeness (QED) is 0.866. The topological polar surface area (TPSA) is 28.2 Å². The summed E-state index contributed by atoms with van der Waals surface area (Å²) in [6.45, 7) is 6.59. The van der Waals surface area contributed by atoms with E-state index in [0.29, 0.717) is 12.0 Å². The smallest absolute Gasteiger partial charge is 0.125 e. The van der Waals surface area contributed by atoms with Crippen LogP contribution in [0.15, 0.2) is 18.3 Å². The number of rotatable bonds is 4. The zero-order chi connectivity index (χ0) is 12.3. The van der Waals surface area contributed by atoms with Crippen molar-refractivity contribution < 1.29 is 0 Å². The highest BCUT2D eigenvalue weighted by Gasteiger charge is 2.22. The molecule has 3 heteroatoms. The molecule has 0 radical (unpaired) electrons. The summed E-state index contributed by atoms with van der Waals surface area (Å²) in [5.41, 5.74) is 1.35. The van der Waals surface area contributed by atoms with Crippen molar-refractivity contribution in [3.8, 4) is 0 Å². The number of aromatic nitrogens is 1. The van der Waals surface area contributed by atoms with E-state index >= 15 is 0 Å². The van der Waals surface area contributed by atoms with Crippen LogP contribution in [0.3, 0.4) is 0 Å². The second kappa shape index (κ2) is 5.50. The molecule has 0 saturated carbocycles. The van der Waals surface area contributed by atoms with E-state index in [-0.39, 0.29) is 0 Å². The molecule has 1 aromatic rings. The Kier molecular flexibility index (Phi) is 4.00. The van der Waals surface area contributed by atoms with Gasteiger partial charge < -0.3 is 5.32 Å². The van der Waals surface area contributed by atoms with Crippen LogP contribution in [0.25, 0.3) is 0 Å². The third kappa shape index (κ3) is 3.19. The first-order chi connectivity index (χ1) is 8.16. The summed E-state index contributed by atoms with van der Waals surface area (Å²) in [4.78, 5) is 6.91. The van der Waals surface area contributed by atoms with Gasteiger partial charge >= 0.3 is 0 Å². The van der Waals surface area contributed by atoms with Gasteiger partial charge in [-0.05, 0) is 44.0 Å². The van der Waals surface area contributed by atoms with Crippen molar-refractivity contribution in [2.24, 2.45) is 5.92 Å². The maximum Gasteiger partial charge on any atom is 0.125 e. The van der Waals surface area contributed by atoms with Gasteiger partial charge in [0.05, 0.1) is 0 Å². The molecular weight excluding hydrogens is 210 g/mol. The Balaban J connectivity index is 1.97. The summed E-state index contributed by atoms with van der Waals surface area (Å²) in [7, 11) is 2.20. The third-order valence-corrected chi connectivity index (χ3v) is 3.38. The molecule has 0 unspecified atom stereocenters. The average molecular weight is 233 g/mol. The normalized spacial score (nSPS) is 21.1. The number of pyridine rings is 1. The van der Waals surface area contributed by atoms with Gasteiger partial charge in [0.15, 0.2) is 0 Å². The molecule has 2 heterocycles. The molecule has 0 amide bonds. The summed E-state index contributed by atoms with van der Waals surface area (Å²) >= 11 is 0. The van der Waals surface area contributed by atoms with Gasteiger partial charge in [-0.2, -0.15) is 0 Å². The molecule has 0 aliphatic carbocycles. The van der Waals surface area contributed by atoms with Gasteiger partial charge in [-0.3, -0.25) is 4.90 Å². The molecular formula is C14H23N3. The molecule has 17 heavy (non-hydrogen) atoms. The lowest BCUT2D eigenvalue weighted by Crippen LogP contribution is -2.17. The third-order valence-electron chi connectivity index (χ3n) is 3.38. The second-order valence-corrected chi connectivity index (χ2v) is 5.39. The van der Waals surface area contributed by atoms with Crippen LogP contribution in [0.1, 0.15) is 38.3 Å². The van der Waals surface area contributed by atoms with E-state index in [0.717, 1.165) is 12.4 Å². The minimum Gasteiger partial charge on any atom is -0.370 e. The van der Waals surface area contributed by atoms with Gasteiger partial charge in [0.2, 0.25) is 0 Å². The van der Waals surface area contributed by atoms with Crippen LogP contribution in [0.2, 0.25) is 0 Å². The number of anilines is 1. The molecule has 0 aromatic carbocycles. The molecule has 1 saturated heterocycles. The Morgan fingerprint density at radius 3 is 2.82 bits per heavy atom. The fourth-order valence-electron chi connectivity index (χ4n) is 2.35. The number of nitrogens with zero attached hydrogens (tertiary/aromatic N) is 2. The van der Waals surface area contributed by atoms with Gasteiger partial charge in [-0.15, -0.1) is 0 Å². The molecule has 1 aliphatic heterocycles. The van der Waals surface area contributed by atoms with E-state index in [4.69, 9.17) is 0 Å². The molecule has 0 bridgehead atoms.